The summed E-state index contributed by atoms with van der Waals surface area (Å²) in [5.74, 6) is 0.925. The lowest BCUT2D eigenvalue weighted by molar-refractivity contribution is 0.595. The molecule has 0 amide bonds. The molecule has 2 heterocycles. The minimum absolute atomic E-state index is 0.750. The van der Waals surface area contributed by atoms with Gasteiger partial charge in [-0.25, -0.2) is 4.98 Å². The van der Waals surface area contributed by atoms with Crippen molar-refractivity contribution < 1.29 is 0 Å². The van der Waals surface area contributed by atoms with E-state index in [0.29, 0.717) is 0 Å². The molecule has 2 unspecified atom stereocenters. The van der Waals surface area contributed by atoms with E-state index in [0.717, 1.165) is 29.2 Å². The summed E-state index contributed by atoms with van der Waals surface area (Å²) in [7, 11) is 0. The van der Waals surface area contributed by atoms with Crippen molar-refractivity contribution in [2.75, 3.05) is 0 Å². The molecule has 2 atom stereocenters. The summed E-state index contributed by atoms with van der Waals surface area (Å²) in [5, 5.41) is 5.65. The highest BCUT2D eigenvalue weighted by Crippen LogP contribution is 2.34. The molecule has 86 valence electrons. The highest BCUT2D eigenvalue weighted by molar-refractivity contribution is 7.15. The van der Waals surface area contributed by atoms with Gasteiger partial charge in [0.25, 0.3) is 0 Å². The van der Waals surface area contributed by atoms with Crippen LogP contribution in [0.15, 0.2) is 17.8 Å². The average Bonchev–Trinajstić information content (AvgIpc) is 2.70. The highest BCUT2D eigenvalue weighted by atomic mass is 32.1. The van der Waals surface area contributed by atoms with Crippen molar-refractivity contribution in [1.82, 2.24) is 14.7 Å². The van der Waals surface area contributed by atoms with E-state index in [1.807, 2.05) is 0 Å². The quantitative estimate of drug-likeness (QED) is 0.863. The summed E-state index contributed by atoms with van der Waals surface area (Å²) < 4.78 is 2.10. The molecular weight excluding hydrogens is 218 g/mol. The Kier molecular flexibility index (Phi) is 2.69. The van der Waals surface area contributed by atoms with Crippen LogP contribution in [0.25, 0.3) is 4.96 Å². The van der Waals surface area contributed by atoms with Crippen molar-refractivity contribution >= 4 is 16.3 Å². The number of imidazole rings is 1. The van der Waals surface area contributed by atoms with Gasteiger partial charge in [-0.15, -0.1) is 11.3 Å². The zero-order chi connectivity index (χ0) is 11.0. The van der Waals surface area contributed by atoms with Crippen LogP contribution < -0.4 is 5.32 Å². The summed E-state index contributed by atoms with van der Waals surface area (Å²) in [6, 6.07) is 0.750. The molecule has 0 aliphatic heterocycles. The minimum atomic E-state index is 0.750. The highest BCUT2D eigenvalue weighted by Gasteiger charge is 2.35. The van der Waals surface area contributed by atoms with E-state index in [9.17, 15) is 0 Å². The fraction of sp³-hybridized carbons (Fsp3) is 0.583. The molecule has 2 aromatic rings. The van der Waals surface area contributed by atoms with Gasteiger partial charge in [0.05, 0.1) is 5.69 Å². The first-order valence-corrected chi connectivity index (χ1v) is 6.89. The van der Waals surface area contributed by atoms with Gasteiger partial charge < -0.3 is 5.32 Å². The molecule has 2 aromatic heterocycles. The number of nitrogens with one attached hydrogen (secondary N) is 1. The monoisotopic (exact) mass is 235 g/mol. The molecule has 0 radical (unpaired) electrons. The van der Waals surface area contributed by atoms with E-state index in [4.69, 9.17) is 0 Å². The average molecular weight is 235 g/mol. The number of nitrogens with zero attached hydrogens (tertiary/aromatic N) is 2. The number of thiazole rings is 1. The van der Waals surface area contributed by atoms with Gasteiger partial charge in [0.15, 0.2) is 4.96 Å². The first-order valence-electron chi connectivity index (χ1n) is 6.01. The van der Waals surface area contributed by atoms with Crippen LogP contribution in [-0.4, -0.2) is 15.4 Å². The Morgan fingerprint density at radius 1 is 1.62 bits per heavy atom. The molecule has 16 heavy (non-hydrogen) atoms. The molecule has 0 aromatic carbocycles. The third-order valence-corrected chi connectivity index (χ3v) is 4.04. The van der Waals surface area contributed by atoms with Crippen LogP contribution in [-0.2, 0) is 6.54 Å². The van der Waals surface area contributed by atoms with E-state index in [1.54, 1.807) is 11.3 Å². The van der Waals surface area contributed by atoms with E-state index in [-0.39, 0.29) is 0 Å². The Morgan fingerprint density at radius 2 is 2.56 bits per heavy atom. The molecule has 1 aliphatic carbocycles. The predicted octanol–water partition coefficient (Wildman–Crippen LogP) is 2.67. The number of fused-ring (bicyclic) bond motifs is 1. The summed E-state index contributed by atoms with van der Waals surface area (Å²) in [4.78, 5) is 5.66. The summed E-state index contributed by atoms with van der Waals surface area (Å²) >= 11 is 1.69. The van der Waals surface area contributed by atoms with Gasteiger partial charge in [0.1, 0.15) is 0 Å². The fourth-order valence-electron chi connectivity index (χ4n) is 2.28. The van der Waals surface area contributed by atoms with Gasteiger partial charge in [-0.3, -0.25) is 4.40 Å². The molecule has 0 spiro atoms. The first-order chi connectivity index (χ1) is 7.86. The van der Waals surface area contributed by atoms with Crippen molar-refractivity contribution in [3.63, 3.8) is 0 Å². The number of hydrogen-bond acceptors (Lipinski definition) is 3. The Balaban J connectivity index is 1.54. The standard InChI is InChI=1S/C12H17N3S/c1-2-3-9-6-11(9)13-7-10-8-15-4-5-16-12(15)14-10/h4-5,8-9,11,13H,2-3,6-7H2,1H3. The van der Waals surface area contributed by atoms with Crippen molar-refractivity contribution in [1.29, 1.82) is 0 Å². The van der Waals surface area contributed by atoms with E-state index < -0.39 is 0 Å². The predicted molar refractivity (Wildman–Crippen MR) is 66.7 cm³/mol. The molecule has 4 heteroatoms. The molecular formula is C12H17N3S. The maximum atomic E-state index is 4.56. The van der Waals surface area contributed by atoms with Gasteiger partial charge >= 0.3 is 0 Å². The Bertz CT molecular complexity index is 445. The van der Waals surface area contributed by atoms with Gasteiger partial charge in [0, 0.05) is 30.4 Å². The first kappa shape index (κ1) is 10.3. The number of aromatic nitrogens is 2. The number of hydrogen-bond donors (Lipinski definition) is 1. The Labute approximate surface area is 99.5 Å². The van der Waals surface area contributed by atoms with Crippen LogP contribution in [0.4, 0.5) is 0 Å². The van der Waals surface area contributed by atoms with Gasteiger partial charge in [-0.05, 0) is 18.8 Å². The van der Waals surface area contributed by atoms with Crippen LogP contribution in [0.3, 0.4) is 0 Å². The summed E-state index contributed by atoms with van der Waals surface area (Å²) in [5.41, 5.74) is 1.16. The molecule has 1 N–H and O–H groups in total. The summed E-state index contributed by atoms with van der Waals surface area (Å²) in [6.07, 6.45) is 8.22. The molecule has 0 saturated heterocycles. The van der Waals surface area contributed by atoms with E-state index >= 15 is 0 Å². The second-order valence-electron chi connectivity index (χ2n) is 4.60. The molecule has 1 aliphatic rings. The maximum Gasteiger partial charge on any atom is 0.193 e. The smallest absolute Gasteiger partial charge is 0.193 e. The SMILES string of the molecule is CCCC1CC1NCc1cn2ccsc2n1. The topological polar surface area (TPSA) is 29.3 Å². The fourth-order valence-corrected chi connectivity index (χ4v) is 3.00. The zero-order valence-corrected chi connectivity index (χ0v) is 10.3. The second kappa shape index (κ2) is 4.18. The van der Waals surface area contributed by atoms with Crippen LogP contribution >= 0.6 is 11.3 Å². The molecule has 0 bridgehead atoms. The normalized spacial score (nSPS) is 24.1. The molecule has 3 rings (SSSR count). The van der Waals surface area contributed by atoms with Crippen molar-refractivity contribution in [2.45, 2.75) is 38.8 Å². The lowest BCUT2D eigenvalue weighted by atomic mass is 10.2. The van der Waals surface area contributed by atoms with Crippen LogP contribution in [0.5, 0.6) is 0 Å². The van der Waals surface area contributed by atoms with Crippen LogP contribution in [0.2, 0.25) is 0 Å². The largest absolute Gasteiger partial charge is 0.308 e. The van der Waals surface area contributed by atoms with E-state index in [1.165, 1.54) is 19.3 Å². The Hall–Kier alpha value is -0.870. The zero-order valence-electron chi connectivity index (χ0n) is 9.52. The third kappa shape index (κ3) is 1.99. The van der Waals surface area contributed by atoms with Crippen molar-refractivity contribution in [3.05, 3.63) is 23.5 Å². The second-order valence-corrected chi connectivity index (χ2v) is 5.47. The van der Waals surface area contributed by atoms with Gasteiger partial charge in [0.2, 0.25) is 0 Å². The maximum absolute atomic E-state index is 4.56. The third-order valence-electron chi connectivity index (χ3n) is 3.27. The minimum Gasteiger partial charge on any atom is -0.308 e. The lowest BCUT2D eigenvalue weighted by Gasteiger charge is -2.00. The van der Waals surface area contributed by atoms with Crippen LogP contribution in [0, 0.1) is 5.92 Å². The van der Waals surface area contributed by atoms with Crippen molar-refractivity contribution in [2.24, 2.45) is 5.92 Å². The molecule has 3 nitrogen and oxygen atoms in total. The lowest BCUT2D eigenvalue weighted by Crippen LogP contribution is -2.17. The van der Waals surface area contributed by atoms with Crippen molar-refractivity contribution in [3.8, 4) is 0 Å². The van der Waals surface area contributed by atoms with E-state index in [2.05, 4.69) is 39.4 Å². The van der Waals surface area contributed by atoms with Crippen LogP contribution in [0.1, 0.15) is 31.9 Å². The Morgan fingerprint density at radius 3 is 3.38 bits per heavy atom. The van der Waals surface area contributed by atoms with Gasteiger partial charge in [-0.2, -0.15) is 0 Å². The number of rotatable bonds is 5. The molecule has 1 saturated carbocycles. The van der Waals surface area contributed by atoms with Gasteiger partial charge in [-0.1, -0.05) is 13.3 Å². The summed E-state index contributed by atoms with van der Waals surface area (Å²) in [6.45, 7) is 3.18. The molecule has 1 fully saturated rings.